The monoisotopic (exact) mass is 352 g/mol. The summed E-state index contributed by atoms with van der Waals surface area (Å²) >= 11 is 4.49. The fourth-order valence-electron chi connectivity index (χ4n) is 2.18. The third-order valence-electron chi connectivity index (χ3n) is 3.19. The molecule has 0 saturated heterocycles. The van der Waals surface area contributed by atoms with Crippen LogP contribution in [0.15, 0.2) is 20.1 Å². The molecule has 2 atom stereocenters. The van der Waals surface area contributed by atoms with Gasteiger partial charge in [-0.1, -0.05) is 19.3 Å². The maximum Gasteiger partial charge on any atom is 0.250 e. The molecule has 1 aliphatic carbocycles. The molecule has 0 amide bonds. The van der Waals surface area contributed by atoms with Gasteiger partial charge in [0.05, 0.1) is 3.79 Å². The van der Waals surface area contributed by atoms with Gasteiger partial charge in [-0.3, -0.25) is 0 Å². The minimum atomic E-state index is -3.43. The van der Waals surface area contributed by atoms with Crippen molar-refractivity contribution >= 4 is 37.3 Å². The van der Waals surface area contributed by atoms with Crippen LogP contribution in [0.4, 0.5) is 0 Å². The lowest BCUT2D eigenvalue weighted by Gasteiger charge is -2.22. The Hall–Kier alpha value is 0.0500. The number of hydrogen-bond donors (Lipinski definition) is 2. The van der Waals surface area contributed by atoms with Gasteiger partial charge in [-0.05, 0) is 40.9 Å². The molecule has 18 heavy (non-hydrogen) atoms. The van der Waals surface area contributed by atoms with Gasteiger partial charge in [0.15, 0.2) is 0 Å². The van der Waals surface area contributed by atoms with Crippen molar-refractivity contribution < 1.29 is 8.42 Å². The summed E-state index contributed by atoms with van der Waals surface area (Å²) in [6, 6.07) is 3.13. The van der Waals surface area contributed by atoms with Crippen molar-refractivity contribution in [3.05, 3.63) is 15.9 Å². The van der Waals surface area contributed by atoms with Crippen LogP contribution in [0, 0.1) is 0 Å². The van der Waals surface area contributed by atoms with Gasteiger partial charge in [0.2, 0.25) is 10.0 Å². The molecule has 1 fully saturated rings. The van der Waals surface area contributed by atoms with Gasteiger partial charge in [-0.15, -0.1) is 11.3 Å². The zero-order valence-electron chi connectivity index (χ0n) is 9.93. The Balaban J connectivity index is 2.11. The summed E-state index contributed by atoms with van der Waals surface area (Å²) in [5.74, 6) is 0. The average Bonchev–Trinajstić information content (AvgIpc) is 2.65. The molecule has 7 heteroatoms. The Bertz CT molecular complexity index is 501. The Morgan fingerprint density at radius 3 is 2.67 bits per heavy atom. The fourth-order valence-corrected chi connectivity index (χ4v) is 5.53. The largest absolute Gasteiger partial charge is 0.326 e. The van der Waals surface area contributed by atoms with Crippen molar-refractivity contribution in [2.45, 2.75) is 48.4 Å². The van der Waals surface area contributed by atoms with Gasteiger partial charge < -0.3 is 5.73 Å². The first-order valence-corrected chi connectivity index (χ1v) is 9.11. The van der Waals surface area contributed by atoms with Gasteiger partial charge in [0.1, 0.15) is 4.21 Å². The predicted octanol–water partition coefficient (Wildman–Crippen LogP) is 2.45. The number of nitrogens with one attached hydrogen (secondary N) is 1. The highest BCUT2D eigenvalue weighted by molar-refractivity contribution is 9.11. The number of hydrogen-bond acceptors (Lipinski definition) is 4. The van der Waals surface area contributed by atoms with Gasteiger partial charge in [-0.25, -0.2) is 13.1 Å². The van der Waals surface area contributed by atoms with Crippen molar-refractivity contribution in [1.29, 1.82) is 0 Å². The molecular formula is C11H17BrN2O2S2. The highest BCUT2D eigenvalue weighted by Gasteiger charge is 2.26. The molecule has 3 N–H and O–H groups in total. The van der Waals surface area contributed by atoms with E-state index in [4.69, 9.17) is 5.73 Å². The van der Waals surface area contributed by atoms with Gasteiger partial charge in [0.25, 0.3) is 0 Å². The molecule has 0 bridgehead atoms. The minimum absolute atomic E-state index is 0.0781. The number of nitrogens with two attached hydrogens (primary N) is 1. The molecule has 0 spiro atoms. The van der Waals surface area contributed by atoms with E-state index in [1.165, 1.54) is 11.3 Å². The minimum Gasteiger partial charge on any atom is -0.326 e. The van der Waals surface area contributed by atoms with Crippen molar-refractivity contribution in [3.8, 4) is 0 Å². The van der Waals surface area contributed by atoms with Crippen LogP contribution < -0.4 is 10.5 Å². The highest BCUT2D eigenvalue weighted by atomic mass is 79.9. The summed E-state index contributed by atoms with van der Waals surface area (Å²) in [5, 5.41) is 0. The third-order valence-corrected chi connectivity index (χ3v) is 6.79. The van der Waals surface area contributed by atoms with Crippen LogP contribution in [0.2, 0.25) is 0 Å². The number of halogens is 1. The average molecular weight is 353 g/mol. The molecular weight excluding hydrogens is 336 g/mol. The van der Waals surface area contributed by atoms with E-state index in [0.29, 0.717) is 4.21 Å². The lowest BCUT2D eigenvalue weighted by molar-refractivity contribution is 0.457. The third kappa shape index (κ3) is 3.54. The van der Waals surface area contributed by atoms with E-state index >= 15 is 0 Å². The van der Waals surface area contributed by atoms with E-state index in [9.17, 15) is 8.42 Å². The molecule has 1 saturated carbocycles. The summed E-state index contributed by atoms with van der Waals surface area (Å²) < 4.78 is 28.3. The molecule has 1 aliphatic rings. The molecule has 0 aliphatic heterocycles. The molecule has 4 nitrogen and oxygen atoms in total. The second kappa shape index (κ2) is 6.00. The van der Waals surface area contributed by atoms with Gasteiger partial charge in [-0.2, -0.15) is 0 Å². The van der Waals surface area contributed by atoms with E-state index in [2.05, 4.69) is 20.7 Å². The van der Waals surface area contributed by atoms with E-state index in [1.54, 1.807) is 12.1 Å². The maximum absolute atomic E-state index is 12.2. The highest BCUT2D eigenvalue weighted by Crippen LogP contribution is 2.27. The summed E-state index contributed by atoms with van der Waals surface area (Å²) in [5.41, 5.74) is 6.04. The van der Waals surface area contributed by atoms with Crippen LogP contribution in [0.25, 0.3) is 0 Å². The number of rotatable bonds is 3. The van der Waals surface area contributed by atoms with E-state index in [0.717, 1.165) is 35.9 Å². The first-order valence-electron chi connectivity index (χ1n) is 6.02. The topological polar surface area (TPSA) is 72.2 Å². The predicted molar refractivity (Wildman–Crippen MR) is 77.2 cm³/mol. The van der Waals surface area contributed by atoms with Crippen molar-refractivity contribution in [2.75, 3.05) is 0 Å². The van der Waals surface area contributed by atoms with E-state index in [-0.39, 0.29) is 12.1 Å². The lowest BCUT2D eigenvalue weighted by atomic mass is 10.1. The van der Waals surface area contributed by atoms with E-state index in [1.807, 2.05) is 0 Å². The van der Waals surface area contributed by atoms with Crippen LogP contribution in [0.1, 0.15) is 32.1 Å². The van der Waals surface area contributed by atoms with Gasteiger partial charge >= 0.3 is 0 Å². The van der Waals surface area contributed by atoms with Crippen LogP contribution >= 0.6 is 27.3 Å². The SMILES string of the molecule is NC1CCCCCC1NS(=O)(=O)c1ccc(Br)s1. The second-order valence-electron chi connectivity index (χ2n) is 4.59. The zero-order chi connectivity index (χ0) is 13.2. The number of sulfonamides is 1. The standard InChI is InChI=1S/C11H17BrN2O2S2/c12-10-6-7-11(17-10)18(15,16)14-9-5-3-1-2-4-8(9)13/h6-9,14H,1-5,13H2. The Morgan fingerprint density at radius 2 is 2.00 bits per heavy atom. The van der Waals surface area contributed by atoms with Crippen LogP contribution in [-0.4, -0.2) is 20.5 Å². The Morgan fingerprint density at radius 1 is 1.28 bits per heavy atom. The maximum atomic E-state index is 12.2. The van der Waals surface area contributed by atoms with Crippen LogP contribution in [-0.2, 0) is 10.0 Å². The van der Waals surface area contributed by atoms with Crippen molar-refractivity contribution in [1.82, 2.24) is 4.72 Å². The molecule has 1 heterocycles. The summed E-state index contributed by atoms with van der Waals surface area (Å²) in [4.78, 5) is 0. The lowest BCUT2D eigenvalue weighted by Crippen LogP contribution is -2.46. The summed E-state index contributed by atoms with van der Waals surface area (Å²) in [6.45, 7) is 0. The van der Waals surface area contributed by atoms with Crippen molar-refractivity contribution in [3.63, 3.8) is 0 Å². The quantitative estimate of drug-likeness (QED) is 0.820. The smallest absolute Gasteiger partial charge is 0.250 e. The molecule has 2 unspecified atom stereocenters. The number of thiophene rings is 1. The Kier molecular flexibility index (Phi) is 4.82. The molecule has 1 aromatic rings. The van der Waals surface area contributed by atoms with Gasteiger partial charge in [0, 0.05) is 12.1 Å². The van der Waals surface area contributed by atoms with Crippen LogP contribution in [0.3, 0.4) is 0 Å². The molecule has 0 radical (unpaired) electrons. The summed E-state index contributed by atoms with van der Waals surface area (Å²) in [6.07, 6.45) is 4.98. The van der Waals surface area contributed by atoms with Crippen molar-refractivity contribution in [2.24, 2.45) is 5.73 Å². The normalized spacial score (nSPS) is 25.9. The molecule has 2 rings (SSSR count). The van der Waals surface area contributed by atoms with E-state index < -0.39 is 10.0 Å². The summed E-state index contributed by atoms with van der Waals surface area (Å²) in [7, 11) is -3.43. The first kappa shape index (κ1) is 14.5. The second-order valence-corrected chi connectivity index (χ2v) is 8.99. The molecule has 102 valence electrons. The zero-order valence-corrected chi connectivity index (χ0v) is 13.2. The Labute approximate surface area is 120 Å². The van der Waals surface area contributed by atoms with Crippen LogP contribution in [0.5, 0.6) is 0 Å². The first-order chi connectivity index (χ1) is 8.49. The molecule has 0 aromatic carbocycles. The fraction of sp³-hybridized carbons (Fsp3) is 0.636. The molecule has 1 aromatic heterocycles.